The second-order valence-corrected chi connectivity index (χ2v) is 6.69. The molecule has 25 heavy (non-hydrogen) atoms. The lowest BCUT2D eigenvalue weighted by molar-refractivity contribution is 0.0656. The Kier molecular flexibility index (Phi) is 5.93. The molecule has 4 nitrogen and oxygen atoms in total. The Balaban J connectivity index is 1.65. The van der Waals surface area contributed by atoms with E-state index in [1.807, 2.05) is 74.0 Å². The topological polar surface area (TPSA) is 46.5 Å². The molecule has 0 aliphatic carbocycles. The first-order valence-electron chi connectivity index (χ1n) is 8.22. The van der Waals surface area contributed by atoms with Crippen molar-refractivity contribution >= 4 is 22.7 Å². The van der Waals surface area contributed by atoms with Crippen molar-refractivity contribution in [1.82, 2.24) is 4.98 Å². The van der Waals surface area contributed by atoms with Crippen molar-refractivity contribution in [3.63, 3.8) is 0 Å². The van der Waals surface area contributed by atoms with Crippen LogP contribution in [-0.4, -0.2) is 17.3 Å². The van der Waals surface area contributed by atoms with Crippen molar-refractivity contribution in [3.05, 3.63) is 71.1 Å². The highest BCUT2D eigenvalue weighted by molar-refractivity contribution is 7.14. The normalized spacial score (nSPS) is 11.3. The van der Waals surface area contributed by atoms with Gasteiger partial charge in [-0.25, -0.2) is 4.98 Å². The van der Waals surface area contributed by atoms with Gasteiger partial charge in [0.1, 0.15) is 0 Å². The van der Waals surface area contributed by atoms with E-state index in [-0.39, 0.29) is 6.10 Å². The number of hydrazone groups is 1. The molecule has 0 aliphatic rings. The number of nitrogens with one attached hydrogen (secondary N) is 1. The van der Waals surface area contributed by atoms with Crippen LogP contribution in [0.25, 0.3) is 11.3 Å². The summed E-state index contributed by atoms with van der Waals surface area (Å²) < 4.78 is 5.69. The van der Waals surface area contributed by atoms with Crippen LogP contribution in [0.5, 0.6) is 0 Å². The van der Waals surface area contributed by atoms with Gasteiger partial charge in [-0.05, 0) is 19.4 Å². The molecule has 0 amide bonds. The number of hydrogen-bond donors (Lipinski definition) is 1. The van der Waals surface area contributed by atoms with Gasteiger partial charge >= 0.3 is 0 Å². The van der Waals surface area contributed by atoms with Gasteiger partial charge in [0.05, 0.1) is 24.6 Å². The zero-order chi connectivity index (χ0) is 17.5. The summed E-state index contributed by atoms with van der Waals surface area (Å²) in [5, 5.41) is 7.12. The quantitative estimate of drug-likeness (QED) is 0.471. The first-order valence-corrected chi connectivity index (χ1v) is 9.10. The highest BCUT2D eigenvalue weighted by atomic mass is 32.1. The van der Waals surface area contributed by atoms with Crippen LogP contribution >= 0.6 is 11.3 Å². The zero-order valence-electron chi connectivity index (χ0n) is 14.3. The largest absolute Gasteiger partial charge is 0.374 e. The molecule has 1 aromatic heterocycles. The number of benzene rings is 2. The standard InChI is InChI=1S/C20H21N3OS/c1-15(2)24-13-18-11-7-6-10-17(18)12-21-23-20-22-19(14-25-20)16-8-4-3-5-9-16/h3-12,14-15H,13H2,1-2H3,(H,22,23). The molecule has 0 atom stereocenters. The fourth-order valence-electron chi connectivity index (χ4n) is 2.27. The molecule has 2 aromatic carbocycles. The van der Waals surface area contributed by atoms with Gasteiger partial charge in [0.25, 0.3) is 0 Å². The van der Waals surface area contributed by atoms with Crippen LogP contribution in [0.3, 0.4) is 0 Å². The minimum atomic E-state index is 0.204. The molecule has 1 heterocycles. The third kappa shape index (κ3) is 4.98. The third-order valence-corrected chi connectivity index (χ3v) is 4.31. The number of aromatic nitrogens is 1. The second-order valence-electron chi connectivity index (χ2n) is 5.83. The van der Waals surface area contributed by atoms with Crippen molar-refractivity contribution in [1.29, 1.82) is 0 Å². The first-order chi connectivity index (χ1) is 12.2. The number of hydrogen-bond acceptors (Lipinski definition) is 5. The number of nitrogens with zero attached hydrogens (tertiary/aromatic N) is 2. The average molecular weight is 351 g/mol. The molecule has 0 radical (unpaired) electrons. The summed E-state index contributed by atoms with van der Waals surface area (Å²) in [6.45, 7) is 4.64. The van der Waals surface area contributed by atoms with E-state index in [0.717, 1.165) is 27.5 Å². The SMILES string of the molecule is CC(C)OCc1ccccc1C=NNc1nc(-c2ccccc2)cs1. The maximum Gasteiger partial charge on any atom is 0.203 e. The number of ether oxygens (including phenoxy) is 1. The fourth-order valence-corrected chi connectivity index (χ4v) is 2.94. The van der Waals surface area contributed by atoms with E-state index in [1.54, 1.807) is 0 Å². The molecule has 3 aromatic rings. The van der Waals surface area contributed by atoms with Crippen molar-refractivity contribution in [3.8, 4) is 11.3 Å². The Labute approximate surface area is 152 Å². The van der Waals surface area contributed by atoms with Crippen LogP contribution in [0, 0.1) is 0 Å². The maximum absolute atomic E-state index is 5.69. The van der Waals surface area contributed by atoms with Crippen LogP contribution in [0.2, 0.25) is 0 Å². The Morgan fingerprint density at radius 3 is 2.68 bits per heavy atom. The van der Waals surface area contributed by atoms with Crippen LogP contribution in [0.4, 0.5) is 5.13 Å². The summed E-state index contributed by atoms with van der Waals surface area (Å²) in [4.78, 5) is 4.56. The first kappa shape index (κ1) is 17.3. The summed E-state index contributed by atoms with van der Waals surface area (Å²) in [5.74, 6) is 0. The van der Waals surface area contributed by atoms with Crippen molar-refractivity contribution < 1.29 is 4.74 Å². The van der Waals surface area contributed by atoms with E-state index >= 15 is 0 Å². The van der Waals surface area contributed by atoms with Crippen LogP contribution < -0.4 is 5.43 Å². The monoisotopic (exact) mass is 351 g/mol. The van der Waals surface area contributed by atoms with E-state index in [9.17, 15) is 0 Å². The number of anilines is 1. The summed E-state index contributed by atoms with van der Waals surface area (Å²) in [5.41, 5.74) is 7.22. The Hall–Kier alpha value is -2.50. The van der Waals surface area contributed by atoms with Crippen molar-refractivity contribution in [2.24, 2.45) is 5.10 Å². The molecule has 0 spiro atoms. The second kappa shape index (κ2) is 8.55. The minimum absolute atomic E-state index is 0.204. The van der Waals surface area contributed by atoms with Crippen LogP contribution in [-0.2, 0) is 11.3 Å². The smallest absolute Gasteiger partial charge is 0.203 e. The van der Waals surface area contributed by atoms with Crippen molar-refractivity contribution in [2.45, 2.75) is 26.6 Å². The highest BCUT2D eigenvalue weighted by Crippen LogP contribution is 2.24. The lowest BCUT2D eigenvalue weighted by atomic mass is 10.1. The van der Waals surface area contributed by atoms with Gasteiger partial charge < -0.3 is 4.74 Å². The van der Waals surface area contributed by atoms with Gasteiger partial charge in [-0.3, -0.25) is 5.43 Å². The molecular weight excluding hydrogens is 330 g/mol. The lowest BCUT2D eigenvalue weighted by Gasteiger charge is -2.09. The molecule has 0 saturated carbocycles. The Morgan fingerprint density at radius 2 is 1.88 bits per heavy atom. The van der Waals surface area contributed by atoms with E-state index in [0.29, 0.717) is 6.61 Å². The van der Waals surface area contributed by atoms with Gasteiger partial charge in [0.15, 0.2) is 0 Å². The van der Waals surface area contributed by atoms with E-state index in [2.05, 4.69) is 21.6 Å². The minimum Gasteiger partial charge on any atom is -0.374 e. The summed E-state index contributed by atoms with van der Waals surface area (Å²) in [7, 11) is 0. The summed E-state index contributed by atoms with van der Waals surface area (Å²) in [6.07, 6.45) is 2.01. The van der Waals surface area contributed by atoms with Crippen LogP contribution in [0.15, 0.2) is 65.1 Å². The highest BCUT2D eigenvalue weighted by Gasteiger charge is 2.04. The molecule has 0 fully saturated rings. The van der Waals surface area contributed by atoms with Gasteiger partial charge in [-0.15, -0.1) is 11.3 Å². The Morgan fingerprint density at radius 1 is 1.12 bits per heavy atom. The van der Waals surface area contributed by atoms with E-state index in [4.69, 9.17) is 4.74 Å². The van der Waals surface area contributed by atoms with E-state index in [1.165, 1.54) is 11.3 Å². The molecule has 128 valence electrons. The van der Waals surface area contributed by atoms with E-state index < -0.39 is 0 Å². The predicted molar refractivity (Wildman–Crippen MR) is 105 cm³/mol. The number of thiazole rings is 1. The third-order valence-electron chi connectivity index (χ3n) is 3.56. The lowest BCUT2D eigenvalue weighted by Crippen LogP contribution is -2.04. The fraction of sp³-hybridized carbons (Fsp3) is 0.200. The molecule has 0 saturated heterocycles. The summed E-state index contributed by atoms with van der Waals surface area (Å²) >= 11 is 1.54. The molecule has 1 N–H and O–H groups in total. The predicted octanol–water partition coefficient (Wildman–Crippen LogP) is 5.18. The molecule has 0 bridgehead atoms. The van der Waals surface area contributed by atoms with Crippen LogP contribution in [0.1, 0.15) is 25.0 Å². The molecule has 0 unspecified atom stereocenters. The molecule has 5 heteroatoms. The maximum atomic E-state index is 5.69. The van der Waals surface area contributed by atoms with Gasteiger partial charge in [-0.2, -0.15) is 5.10 Å². The molecule has 0 aliphatic heterocycles. The molecule has 3 rings (SSSR count). The Bertz CT molecular complexity index is 828. The van der Waals surface area contributed by atoms with Gasteiger partial charge in [-0.1, -0.05) is 54.6 Å². The average Bonchev–Trinajstić information content (AvgIpc) is 3.10. The molecular formula is C20H21N3OS. The number of rotatable bonds is 7. The van der Waals surface area contributed by atoms with Gasteiger partial charge in [0.2, 0.25) is 5.13 Å². The summed E-state index contributed by atoms with van der Waals surface area (Å²) in [6, 6.07) is 18.2. The zero-order valence-corrected chi connectivity index (χ0v) is 15.2. The van der Waals surface area contributed by atoms with Crippen molar-refractivity contribution in [2.75, 3.05) is 5.43 Å². The van der Waals surface area contributed by atoms with Gasteiger partial charge in [0, 0.05) is 16.5 Å².